The van der Waals surface area contributed by atoms with Crippen LogP contribution in [-0.2, 0) is 0 Å². The molecule has 104 valence electrons. The van der Waals surface area contributed by atoms with Crippen molar-refractivity contribution in [2.75, 3.05) is 14.2 Å². The number of hydrogen-bond donors (Lipinski definition) is 1. The summed E-state index contributed by atoms with van der Waals surface area (Å²) in [6, 6.07) is 8.69. The Bertz CT molecular complexity index is 609. The average molecular weight is 290 g/mol. The molecule has 0 aliphatic carbocycles. The largest absolute Gasteiger partial charge is 0.496 e. The zero-order valence-electron chi connectivity index (χ0n) is 11.1. The van der Waals surface area contributed by atoms with E-state index in [0.717, 1.165) is 0 Å². The fraction of sp³-hybridized carbons (Fsp3) is 0.143. The van der Waals surface area contributed by atoms with Crippen molar-refractivity contribution in [3.63, 3.8) is 0 Å². The minimum atomic E-state index is 0.225. The van der Waals surface area contributed by atoms with Crippen molar-refractivity contribution in [3.8, 4) is 23.1 Å². The molecule has 0 unspecified atom stereocenters. The quantitative estimate of drug-likeness (QED) is 0.854. The molecule has 0 radical (unpaired) electrons. The van der Waals surface area contributed by atoms with Gasteiger partial charge in [0, 0.05) is 24.4 Å². The third-order valence-corrected chi connectivity index (χ3v) is 2.80. The van der Waals surface area contributed by atoms with E-state index >= 15 is 0 Å². The first-order valence-electron chi connectivity index (χ1n) is 5.79. The molecular formula is C14H14N2O3S. The fourth-order valence-electron chi connectivity index (χ4n) is 1.61. The number of hydrogen-bond acceptors (Lipinski definition) is 5. The third kappa shape index (κ3) is 3.16. The van der Waals surface area contributed by atoms with Gasteiger partial charge in [-0.05, 0) is 12.1 Å². The molecule has 0 bridgehead atoms. The van der Waals surface area contributed by atoms with E-state index in [0.29, 0.717) is 28.7 Å². The highest BCUT2D eigenvalue weighted by Gasteiger charge is 2.10. The standard InChI is InChI=1S/C14H14N2O3S/c1-17-9-6-10(18-2)8-11(7-9)19-14-12(13(15)20)4-3-5-16-14/h3-8H,1-2H3,(H2,15,20). The topological polar surface area (TPSA) is 66.6 Å². The minimum Gasteiger partial charge on any atom is -0.496 e. The van der Waals surface area contributed by atoms with Crippen molar-refractivity contribution in [3.05, 3.63) is 42.1 Å². The number of aromatic nitrogens is 1. The van der Waals surface area contributed by atoms with Crippen molar-refractivity contribution in [2.45, 2.75) is 0 Å². The Labute approximate surface area is 122 Å². The number of methoxy groups -OCH3 is 2. The Morgan fingerprint density at radius 3 is 2.25 bits per heavy atom. The number of benzene rings is 1. The van der Waals surface area contributed by atoms with E-state index in [4.69, 9.17) is 32.2 Å². The van der Waals surface area contributed by atoms with Crippen molar-refractivity contribution in [1.29, 1.82) is 0 Å². The fourth-order valence-corrected chi connectivity index (χ4v) is 1.77. The van der Waals surface area contributed by atoms with Gasteiger partial charge in [-0.3, -0.25) is 0 Å². The molecule has 1 aromatic heterocycles. The summed E-state index contributed by atoms with van der Waals surface area (Å²) in [4.78, 5) is 4.36. The van der Waals surface area contributed by atoms with Gasteiger partial charge in [-0.15, -0.1) is 0 Å². The van der Waals surface area contributed by atoms with E-state index in [-0.39, 0.29) is 4.99 Å². The van der Waals surface area contributed by atoms with E-state index in [1.54, 1.807) is 50.7 Å². The highest BCUT2D eigenvalue weighted by Crippen LogP contribution is 2.31. The molecular weight excluding hydrogens is 276 g/mol. The lowest BCUT2D eigenvalue weighted by Crippen LogP contribution is -2.11. The summed E-state index contributed by atoms with van der Waals surface area (Å²) in [5.74, 6) is 2.10. The number of nitrogens with zero attached hydrogens (tertiary/aromatic N) is 1. The highest BCUT2D eigenvalue weighted by molar-refractivity contribution is 7.80. The predicted molar refractivity (Wildman–Crippen MR) is 79.7 cm³/mol. The predicted octanol–water partition coefficient (Wildman–Crippen LogP) is 2.53. The molecule has 20 heavy (non-hydrogen) atoms. The lowest BCUT2D eigenvalue weighted by molar-refractivity contribution is 0.385. The summed E-state index contributed by atoms with van der Waals surface area (Å²) in [6.45, 7) is 0. The van der Waals surface area contributed by atoms with Crippen LogP contribution in [0.3, 0.4) is 0 Å². The molecule has 2 rings (SSSR count). The SMILES string of the molecule is COc1cc(OC)cc(Oc2ncccc2C(N)=S)c1. The van der Waals surface area contributed by atoms with Crippen LogP contribution in [0.4, 0.5) is 0 Å². The van der Waals surface area contributed by atoms with Crippen LogP contribution < -0.4 is 19.9 Å². The molecule has 1 aromatic carbocycles. The number of thiocarbonyl (C=S) groups is 1. The first-order chi connectivity index (χ1) is 9.63. The average Bonchev–Trinajstić information content (AvgIpc) is 2.47. The molecule has 0 saturated heterocycles. The summed E-state index contributed by atoms with van der Waals surface area (Å²) in [5, 5.41) is 0. The maximum absolute atomic E-state index is 5.72. The summed E-state index contributed by atoms with van der Waals surface area (Å²) in [5.41, 5.74) is 6.22. The molecule has 0 spiro atoms. The Morgan fingerprint density at radius 1 is 1.10 bits per heavy atom. The van der Waals surface area contributed by atoms with Crippen LogP contribution >= 0.6 is 12.2 Å². The minimum absolute atomic E-state index is 0.225. The number of pyridine rings is 1. The van der Waals surface area contributed by atoms with E-state index in [9.17, 15) is 0 Å². The summed E-state index contributed by atoms with van der Waals surface area (Å²) >= 11 is 4.97. The van der Waals surface area contributed by atoms with Crippen molar-refractivity contribution >= 4 is 17.2 Å². The molecule has 2 aromatic rings. The highest BCUT2D eigenvalue weighted by atomic mass is 32.1. The van der Waals surface area contributed by atoms with Gasteiger partial charge in [0.2, 0.25) is 5.88 Å². The summed E-state index contributed by atoms with van der Waals surface area (Å²) in [6.07, 6.45) is 1.61. The second kappa shape index (κ2) is 6.21. The Hall–Kier alpha value is -2.34. The van der Waals surface area contributed by atoms with Crippen LogP contribution in [0.1, 0.15) is 5.56 Å². The van der Waals surface area contributed by atoms with E-state index in [2.05, 4.69) is 4.98 Å². The lowest BCUT2D eigenvalue weighted by Gasteiger charge is -2.11. The normalized spacial score (nSPS) is 9.90. The Balaban J connectivity index is 2.37. The number of ether oxygens (including phenoxy) is 3. The lowest BCUT2D eigenvalue weighted by atomic mass is 10.2. The second-order valence-corrected chi connectivity index (χ2v) is 4.31. The summed E-state index contributed by atoms with van der Waals surface area (Å²) < 4.78 is 16.1. The molecule has 0 aliphatic heterocycles. The van der Waals surface area contributed by atoms with Gasteiger partial charge in [-0.25, -0.2) is 4.98 Å². The zero-order chi connectivity index (χ0) is 14.5. The van der Waals surface area contributed by atoms with Crippen LogP contribution in [0.5, 0.6) is 23.1 Å². The maximum Gasteiger partial charge on any atom is 0.229 e. The summed E-state index contributed by atoms with van der Waals surface area (Å²) in [7, 11) is 3.14. The van der Waals surface area contributed by atoms with Crippen LogP contribution in [0, 0.1) is 0 Å². The van der Waals surface area contributed by atoms with Crippen LogP contribution in [-0.4, -0.2) is 24.2 Å². The Kier molecular flexibility index (Phi) is 4.37. The molecule has 0 amide bonds. The molecule has 0 saturated carbocycles. The van der Waals surface area contributed by atoms with Gasteiger partial charge in [0.05, 0.1) is 19.8 Å². The van der Waals surface area contributed by atoms with Gasteiger partial charge in [0.1, 0.15) is 22.2 Å². The third-order valence-electron chi connectivity index (χ3n) is 2.58. The maximum atomic E-state index is 5.72. The first kappa shape index (κ1) is 14.1. The van der Waals surface area contributed by atoms with Gasteiger partial charge >= 0.3 is 0 Å². The number of rotatable bonds is 5. The molecule has 0 atom stereocenters. The van der Waals surface area contributed by atoms with E-state index in [1.165, 1.54) is 0 Å². The van der Waals surface area contributed by atoms with Crippen molar-refractivity contribution < 1.29 is 14.2 Å². The van der Waals surface area contributed by atoms with Crippen LogP contribution in [0.15, 0.2) is 36.5 Å². The van der Waals surface area contributed by atoms with Gasteiger partial charge in [-0.1, -0.05) is 12.2 Å². The number of nitrogens with two attached hydrogens (primary N) is 1. The van der Waals surface area contributed by atoms with Gasteiger partial charge in [-0.2, -0.15) is 0 Å². The first-order valence-corrected chi connectivity index (χ1v) is 6.20. The zero-order valence-corrected chi connectivity index (χ0v) is 11.9. The Morgan fingerprint density at radius 2 is 1.70 bits per heavy atom. The van der Waals surface area contributed by atoms with Gasteiger partial charge < -0.3 is 19.9 Å². The van der Waals surface area contributed by atoms with Gasteiger partial charge in [0.15, 0.2) is 0 Å². The van der Waals surface area contributed by atoms with E-state index in [1.807, 2.05) is 0 Å². The second-order valence-electron chi connectivity index (χ2n) is 3.87. The smallest absolute Gasteiger partial charge is 0.229 e. The van der Waals surface area contributed by atoms with Gasteiger partial charge in [0.25, 0.3) is 0 Å². The molecule has 0 fully saturated rings. The van der Waals surface area contributed by atoms with Crippen LogP contribution in [0.25, 0.3) is 0 Å². The van der Waals surface area contributed by atoms with Crippen LogP contribution in [0.2, 0.25) is 0 Å². The molecule has 0 aliphatic rings. The molecule has 2 N–H and O–H groups in total. The van der Waals surface area contributed by atoms with Crippen molar-refractivity contribution in [2.24, 2.45) is 5.73 Å². The molecule has 6 heteroatoms. The molecule has 1 heterocycles. The molecule has 5 nitrogen and oxygen atoms in total. The monoisotopic (exact) mass is 290 g/mol. The van der Waals surface area contributed by atoms with E-state index < -0.39 is 0 Å². The van der Waals surface area contributed by atoms with Crippen molar-refractivity contribution in [1.82, 2.24) is 4.98 Å².